The molecular formula is C16H22FN3O6S. The average molecular weight is 403 g/mol. The minimum absolute atomic E-state index is 0.444. The topological polar surface area (TPSA) is 145 Å². The van der Waals surface area contributed by atoms with E-state index in [1.54, 1.807) is 20.8 Å². The molecule has 0 saturated carbocycles. The van der Waals surface area contributed by atoms with Gasteiger partial charge in [-0.1, -0.05) is 20.8 Å². The van der Waals surface area contributed by atoms with E-state index in [0.29, 0.717) is 0 Å². The number of carbonyl (C=O) groups is 3. The lowest BCUT2D eigenvalue weighted by Gasteiger charge is -2.29. The third-order valence-electron chi connectivity index (χ3n) is 3.51. The summed E-state index contributed by atoms with van der Waals surface area (Å²) in [5.41, 5.74) is 3.55. The third kappa shape index (κ3) is 6.00. The van der Waals surface area contributed by atoms with E-state index >= 15 is 0 Å². The van der Waals surface area contributed by atoms with E-state index < -0.39 is 62.1 Å². The Hall–Kier alpha value is -2.53. The van der Waals surface area contributed by atoms with E-state index in [0.717, 1.165) is 25.3 Å². The van der Waals surface area contributed by atoms with Gasteiger partial charge in [0.05, 0.1) is 24.1 Å². The molecule has 4 N–H and O–H groups in total. The Balaban J connectivity index is 3.21. The van der Waals surface area contributed by atoms with Crippen molar-refractivity contribution in [2.45, 2.75) is 31.7 Å². The zero-order valence-corrected chi connectivity index (χ0v) is 16.1. The second-order valence-electron chi connectivity index (χ2n) is 6.73. The van der Waals surface area contributed by atoms with Gasteiger partial charge in [-0.3, -0.25) is 9.59 Å². The van der Waals surface area contributed by atoms with Gasteiger partial charge in [-0.25, -0.2) is 22.3 Å². The Kier molecular flexibility index (Phi) is 7.04. The van der Waals surface area contributed by atoms with Crippen LogP contribution in [0.25, 0.3) is 0 Å². The molecule has 0 aliphatic carbocycles. The largest absolute Gasteiger partial charge is 0.467 e. The molecule has 1 aromatic rings. The second kappa shape index (κ2) is 8.44. The summed E-state index contributed by atoms with van der Waals surface area (Å²) in [6.45, 7) is 4.34. The first-order valence-corrected chi connectivity index (χ1v) is 9.24. The summed E-state index contributed by atoms with van der Waals surface area (Å²) in [5, 5.41) is 2.35. The molecule has 0 aromatic heterocycles. The Bertz CT molecular complexity index is 848. The number of methoxy groups -OCH3 is 1. The van der Waals surface area contributed by atoms with Gasteiger partial charge in [-0.15, -0.1) is 0 Å². The Labute approximate surface area is 156 Å². The first-order valence-electron chi connectivity index (χ1n) is 7.76. The highest BCUT2D eigenvalue weighted by atomic mass is 32.2. The summed E-state index contributed by atoms with van der Waals surface area (Å²) in [4.78, 5) is 34.6. The predicted molar refractivity (Wildman–Crippen MR) is 93.5 cm³/mol. The van der Waals surface area contributed by atoms with E-state index in [1.807, 2.05) is 4.72 Å². The molecule has 1 aromatic carbocycles. The van der Waals surface area contributed by atoms with Crippen LogP contribution >= 0.6 is 0 Å². The SMILES string of the molecule is COC(=O)[C@@H](NC(=O)c1cc(S(=O)(=O)NCC(N)=O)ccc1F)C(C)(C)C. The number of benzene rings is 1. The number of nitrogens with one attached hydrogen (secondary N) is 2. The molecule has 27 heavy (non-hydrogen) atoms. The van der Waals surface area contributed by atoms with E-state index in [-0.39, 0.29) is 0 Å². The first kappa shape index (κ1) is 22.5. The smallest absolute Gasteiger partial charge is 0.328 e. The standard InChI is InChI=1S/C16H22FN3O6S/c1-16(2,3)13(15(23)26-4)20-14(22)10-7-9(5-6-11(10)17)27(24,25)19-8-12(18)21/h5-7,13,19H,8H2,1-4H3,(H2,18,21)(H,20,22)/t13-/m1/s1. The van der Waals surface area contributed by atoms with Crippen LogP contribution in [0.1, 0.15) is 31.1 Å². The van der Waals surface area contributed by atoms with Gasteiger partial charge in [0.1, 0.15) is 11.9 Å². The van der Waals surface area contributed by atoms with Gasteiger partial charge in [0, 0.05) is 0 Å². The number of ether oxygens (including phenoxy) is 1. The number of hydrogen-bond donors (Lipinski definition) is 3. The van der Waals surface area contributed by atoms with Crippen molar-refractivity contribution in [1.29, 1.82) is 0 Å². The van der Waals surface area contributed by atoms with Crippen molar-refractivity contribution in [3.05, 3.63) is 29.6 Å². The van der Waals surface area contributed by atoms with Crippen LogP contribution < -0.4 is 15.8 Å². The fraction of sp³-hybridized carbons (Fsp3) is 0.438. The van der Waals surface area contributed by atoms with Crippen LogP contribution in [0.4, 0.5) is 4.39 Å². The van der Waals surface area contributed by atoms with Crippen molar-refractivity contribution in [1.82, 2.24) is 10.0 Å². The van der Waals surface area contributed by atoms with E-state index in [1.165, 1.54) is 0 Å². The van der Waals surface area contributed by atoms with Crippen molar-refractivity contribution in [2.75, 3.05) is 13.7 Å². The lowest BCUT2D eigenvalue weighted by atomic mass is 9.86. The number of carbonyl (C=O) groups excluding carboxylic acids is 3. The molecule has 0 aliphatic heterocycles. The number of halogens is 1. The van der Waals surface area contributed by atoms with Crippen molar-refractivity contribution in [3.63, 3.8) is 0 Å². The molecule has 0 saturated heterocycles. The zero-order valence-electron chi connectivity index (χ0n) is 15.3. The van der Waals surface area contributed by atoms with Crippen LogP contribution in [-0.4, -0.2) is 45.9 Å². The van der Waals surface area contributed by atoms with Gasteiger partial charge in [-0.05, 0) is 23.6 Å². The van der Waals surface area contributed by atoms with Gasteiger partial charge in [0.15, 0.2) is 0 Å². The molecule has 9 nitrogen and oxygen atoms in total. The van der Waals surface area contributed by atoms with Gasteiger partial charge in [0.2, 0.25) is 15.9 Å². The van der Waals surface area contributed by atoms with Crippen LogP contribution in [0, 0.1) is 11.2 Å². The average Bonchev–Trinajstić information content (AvgIpc) is 2.56. The van der Waals surface area contributed by atoms with Crippen LogP contribution in [0.3, 0.4) is 0 Å². The predicted octanol–water partition coefficient (Wildman–Crippen LogP) is -0.0932. The molecule has 0 unspecified atom stereocenters. The molecule has 2 amide bonds. The first-order chi connectivity index (χ1) is 12.3. The van der Waals surface area contributed by atoms with E-state index in [4.69, 9.17) is 5.73 Å². The van der Waals surface area contributed by atoms with Crippen LogP contribution in [0.5, 0.6) is 0 Å². The monoisotopic (exact) mass is 403 g/mol. The maximum atomic E-state index is 14.1. The fourth-order valence-corrected chi connectivity index (χ4v) is 3.07. The highest BCUT2D eigenvalue weighted by molar-refractivity contribution is 7.89. The van der Waals surface area contributed by atoms with Gasteiger partial charge in [0.25, 0.3) is 5.91 Å². The Morgan fingerprint density at radius 2 is 1.85 bits per heavy atom. The van der Waals surface area contributed by atoms with Crippen LogP contribution in [-0.2, 0) is 24.3 Å². The highest BCUT2D eigenvalue weighted by Gasteiger charge is 2.34. The lowest BCUT2D eigenvalue weighted by Crippen LogP contribution is -2.49. The van der Waals surface area contributed by atoms with Crippen LogP contribution in [0.2, 0.25) is 0 Å². The maximum absolute atomic E-state index is 14.1. The number of primary amides is 1. The number of sulfonamides is 1. The number of hydrogen-bond acceptors (Lipinski definition) is 6. The Morgan fingerprint density at radius 3 is 2.33 bits per heavy atom. The van der Waals surface area contributed by atoms with Gasteiger partial charge >= 0.3 is 5.97 Å². The summed E-state index contributed by atoms with van der Waals surface area (Å²) >= 11 is 0. The van der Waals surface area contributed by atoms with E-state index in [2.05, 4.69) is 10.1 Å². The van der Waals surface area contributed by atoms with Crippen molar-refractivity contribution in [3.8, 4) is 0 Å². The minimum Gasteiger partial charge on any atom is -0.467 e. The number of esters is 1. The molecule has 150 valence electrons. The van der Waals surface area contributed by atoms with E-state index in [9.17, 15) is 27.2 Å². The summed E-state index contributed by atoms with van der Waals surface area (Å²) in [7, 11) is -3.05. The molecule has 0 aliphatic rings. The van der Waals surface area contributed by atoms with Crippen molar-refractivity contribution < 1.29 is 31.9 Å². The molecule has 0 heterocycles. The molecule has 0 radical (unpaired) electrons. The molecule has 0 fully saturated rings. The lowest BCUT2D eigenvalue weighted by molar-refractivity contribution is -0.145. The zero-order chi connectivity index (χ0) is 21.0. The number of nitrogens with two attached hydrogens (primary N) is 1. The van der Waals surface area contributed by atoms with Crippen LogP contribution in [0.15, 0.2) is 23.1 Å². The minimum atomic E-state index is -4.20. The van der Waals surface area contributed by atoms with Gasteiger partial charge < -0.3 is 15.8 Å². The summed E-state index contributed by atoms with van der Waals surface area (Å²) in [5.74, 6) is -3.63. The summed E-state index contributed by atoms with van der Waals surface area (Å²) in [6.07, 6.45) is 0. The number of amides is 2. The molecule has 1 rings (SSSR count). The molecule has 0 bridgehead atoms. The molecule has 0 spiro atoms. The normalized spacial score (nSPS) is 12.9. The maximum Gasteiger partial charge on any atom is 0.328 e. The number of rotatable bonds is 7. The summed E-state index contributed by atoms with van der Waals surface area (Å²) in [6, 6.07) is 1.42. The third-order valence-corrected chi connectivity index (χ3v) is 4.91. The quantitative estimate of drug-likeness (QED) is 0.543. The fourth-order valence-electron chi connectivity index (χ4n) is 2.05. The van der Waals surface area contributed by atoms with Gasteiger partial charge in [-0.2, -0.15) is 0 Å². The summed E-state index contributed by atoms with van der Waals surface area (Å²) < 4.78 is 44.9. The molecular weight excluding hydrogens is 381 g/mol. The highest BCUT2D eigenvalue weighted by Crippen LogP contribution is 2.22. The van der Waals surface area contributed by atoms with Crippen molar-refractivity contribution >= 4 is 27.8 Å². The van der Waals surface area contributed by atoms with Crippen molar-refractivity contribution in [2.24, 2.45) is 11.1 Å². The molecule has 1 atom stereocenters. The second-order valence-corrected chi connectivity index (χ2v) is 8.50. The molecule has 11 heteroatoms. The Morgan fingerprint density at radius 1 is 1.26 bits per heavy atom.